The van der Waals surface area contributed by atoms with E-state index in [1.54, 1.807) is 4.57 Å². The monoisotopic (exact) mass is 264 g/mol. The van der Waals surface area contributed by atoms with Gasteiger partial charge in [0.05, 0.1) is 0 Å². The molecule has 0 spiro atoms. The fourth-order valence-electron chi connectivity index (χ4n) is 2.83. The molecule has 0 bridgehead atoms. The summed E-state index contributed by atoms with van der Waals surface area (Å²) in [7, 11) is 0. The van der Waals surface area contributed by atoms with Gasteiger partial charge in [0.1, 0.15) is 11.6 Å². The number of nitriles is 1. The number of benzene rings is 1. The first-order valence-corrected chi connectivity index (χ1v) is 6.95. The van der Waals surface area contributed by atoms with Crippen molar-refractivity contribution in [2.45, 2.75) is 32.6 Å². The van der Waals surface area contributed by atoms with Gasteiger partial charge in [0.15, 0.2) is 0 Å². The van der Waals surface area contributed by atoms with Gasteiger partial charge in [0.2, 0.25) is 0 Å². The molecular formula is C17H16N2O. The van der Waals surface area contributed by atoms with Crippen LogP contribution in [0.25, 0.3) is 5.69 Å². The molecule has 3 rings (SSSR count). The van der Waals surface area contributed by atoms with Crippen LogP contribution in [0.5, 0.6) is 0 Å². The first-order chi connectivity index (χ1) is 9.70. The molecule has 0 saturated heterocycles. The number of rotatable bonds is 1. The van der Waals surface area contributed by atoms with E-state index in [9.17, 15) is 10.1 Å². The van der Waals surface area contributed by atoms with E-state index in [0.717, 1.165) is 48.1 Å². The Morgan fingerprint density at radius 2 is 1.85 bits per heavy atom. The average Bonchev–Trinajstić information content (AvgIpc) is 2.48. The Morgan fingerprint density at radius 3 is 2.55 bits per heavy atom. The van der Waals surface area contributed by atoms with Crippen LogP contribution >= 0.6 is 0 Å². The van der Waals surface area contributed by atoms with Crippen LogP contribution in [-0.4, -0.2) is 4.57 Å². The molecule has 1 aromatic carbocycles. The van der Waals surface area contributed by atoms with Crippen LogP contribution in [0, 0.1) is 18.3 Å². The zero-order valence-corrected chi connectivity index (χ0v) is 11.5. The van der Waals surface area contributed by atoms with E-state index in [0.29, 0.717) is 5.56 Å². The van der Waals surface area contributed by atoms with Gasteiger partial charge in [-0.15, -0.1) is 0 Å². The minimum absolute atomic E-state index is 0.197. The largest absolute Gasteiger partial charge is 0.283 e. The maximum Gasteiger partial charge on any atom is 0.273 e. The summed E-state index contributed by atoms with van der Waals surface area (Å²) in [6.45, 7) is 2.01. The summed E-state index contributed by atoms with van der Waals surface area (Å²) < 4.78 is 1.61. The standard InChI is InChI=1S/C17H16N2O/c1-12-6-8-14(9-7-12)19-11-13-4-2-3-5-15(13)16(10-18)17(19)20/h6-9,11H,2-5H2,1H3. The average molecular weight is 264 g/mol. The first-order valence-electron chi connectivity index (χ1n) is 6.95. The zero-order chi connectivity index (χ0) is 14.1. The summed E-state index contributed by atoms with van der Waals surface area (Å²) in [6, 6.07) is 9.92. The molecule has 0 atom stereocenters. The third kappa shape index (κ3) is 2.04. The van der Waals surface area contributed by atoms with Gasteiger partial charge in [-0.3, -0.25) is 9.36 Å². The molecule has 0 saturated carbocycles. The number of fused-ring (bicyclic) bond motifs is 1. The normalized spacial score (nSPS) is 13.6. The number of hydrogen-bond acceptors (Lipinski definition) is 2. The van der Waals surface area contributed by atoms with E-state index in [1.807, 2.05) is 37.4 Å². The van der Waals surface area contributed by atoms with Crippen LogP contribution in [-0.2, 0) is 12.8 Å². The summed E-state index contributed by atoms with van der Waals surface area (Å²) in [6.07, 6.45) is 5.92. The lowest BCUT2D eigenvalue weighted by atomic mass is 9.90. The van der Waals surface area contributed by atoms with Gasteiger partial charge in [-0.05, 0) is 55.9 Å². The van der Waals surface area contributed by atoms with Gasteiger partial charge >= 0.3 is 0 Å². The van der Waals surface area contributed by atoms with Crippen molar-refractivity contribution in [3.8, 4) is 11.8 Å². The number of aromatic nitrogens is 1. The Balaban J connectivity index is 2.24. The maximum atomic E-state index is 12.5. The van der Waals surface area contributed by atoms with Gasteiger partial charge < -0.3 is 0 Å². The van der Waals surface area contributed by atoms with E-state index in [4.69, 9.17) is 0 Å². The molecule has 0 N–H and O–H groups in total. The molecule has 0 unspecified atom stereocenters. The second-order valence-corrected chi connectivity index (χ2v) is 5.34. The molecule has 0 amide bonds. The lowest BCUT2D eigenvalue weighted by Crippen LogP contribution is -2.25. The van der Waals surface area contributed by atoms with Gasteiger partial charge in [-0.2, -0.15) is 5.26 Å². The molecule has 0 fully saturated rings. The second kappa shape index (κ2) is 4.97. The topological polar surface area (TPSA) is 45.8 Å². The lowest BCUT2D eigenvalue weighted by Gasteiger charge is -2.19. The summed E-state index contributed by atoms with van der Waals surface area (Å²) in [5.74, 6) is 0. The van der Waals surface area contributed by atoms with Crippen LogP contribution in [0.3, 0.4) is 0 Å². The van der Waals surface area contributed by atoms with Crippen LogP contribution in [0.15, 0.2) is 35.3 Å². The Morgan fingerprint density at radius 1 is 1.15 bits per heavy atom. The summed E-state index contributed by atoms with van der Waals surface area (Å²) >= 11 is 0. The molecule has 100 valence electrons. The Labute approximate surface area is 118 Å². The number of aryl methyl sites for hydroxylation is 2. The van der Waals surface area contributed by atoms with Crippen molar-refractivity contribution in [2.24, 2.45) is 0 Å². The lowest BCUT2D eigenvalue weighted by molar-refractivity contribution is 0.673. The van der Waals surface area contributed by atoms with E-state index >= 15 is 0 Å². The molecule has 1 aliphatic carbocycles. The summed E-state index contributed by atoms with van der Waals surface area (Å²) in [5.41, 5.74) is 4.21. The van der Waals surface area contributed by atoms with Crippen molar-refractivity contribution >= 4 is 0 Å². The highest BCUT2D eigenvalue weighted by Gasteiger charge is 2.18. The van der Waals surface area contributed by atoms with E-state index in [1.165, 1.54) is 0 Å². The van der Waals surface area contributed by atoms with E-state index in [-0.39, 0.29) is 5.56 Å². The van der Waals surface area contributed by atoms with Crippen LogP contribution in [0.4, 0.5) is 0 Å². The molecule has 2 aromatic rings. The summed E-state index contributed by atoms with van der Waals surface area (Å²) in [5, 5.41) is 9.33. The molecule has 0 aliphatic heterocycles. The molecule has 20 heavy (non-hydrogen) atoms. The summed E-state index contributed by atoms with van der Waals surface area (Å²) in [4.78, 5) is 12.5. The van der Waals surface area contributed by atoms with Crippen LogP contribution in [0.2, 0.25) is 0 Å². The van der Waals surface area contributed by atoms with Crippen molar-refractivity contribution in [1.29, 1.82) is 5.26 Å². The van der Waals surface area contributed by atoms with Crippen molar-refractivity contribution in [2.75, 3.05) is 0 Å². The quantitative estimate of drug-likeness (QED) is 0.795. The molecule has 3 heteroatoms. The van der Waals surface area contributed by atoms with E-state index < -0.39 is 0 Å². The van der Waals surface area contributed by atoms with Crippen molar-refractivity contribution in [3.05, 3.63) is 63.1 Å². The number of hydrogen-bond donors (Lipinski definition) is 0. The van der Waals surface area contributed by atoms with Crippen LogP contribution < -0.4 is 5.56 Å². The molecular weight excluding hydrogens is 248 g/mol. The van der Waals surface area contributed by atoms with Gasteiger partial charge in [-0.1, -0.05) is 17.7 Å². The molecule has 1 aliphatic rings. The van der Waals surface area contributed by atoms with Gasteiger partial charge in [0.25, 0.3) is 5.56 Å². The number of nitrogens with zero attached hydrogens (tertiary/aromatic N) is 2. The van der Waals surface area contributed by atoms with Crippen molar-refractivity contribution in [1.82, 2.24) is 4.57 Å². The maximum absolute atomic E-state index is 12.5. The van der Waals surface area contributed by atoms with Crippen molar-refractivity contribution < 1.29 is 0 Å². The molecule has 3 nitrogen and oxygen atoms in total. The number of pyridine rings is 1. The van der Waals surface area contributed by atoms with E-state index in [2.05, 4.69) is 6.07 Å². The minimum atomic E-state index is -0.197. The fourth-order valence-corrected chi connectivity index (χ4v) is 2.83. The third-order valence-electron chi connectivity index (χ3n) is 3.95. The van der Waals surface area contributed by atoms with Crippen molar-refractivity contribution in [3.63, 3.8) is 0 Å². The van der Waals surface area contributed by atoms with Gasteiger partial charge in [0, 0.05) is 11.9 Å². The smallest absolute Gasteiger partial charge is 0.273 e. The highest BCUT2D eigenvalue weighted by Crippen LogP contribution is 2.23. The zero-order valence-electron chi connectivity index (χ0n) is 11.5. The molecule has 0 radical (unpaired) electrons. The fraction of sp³-hybridized carbons (Fsp3) is 0.294. The first kappa shape index (κ1) is 12.7. The predicted molar refractivity (Wildman–Crippen MR) is 78.1 cm³/mol. The SMILES string of the molecule is Cc1ccc(-n2cc3c(c(C#N)c2=O)CCCC3)cc1. The minimum Gasteiger partial charge on any atom is -0.283 e. The molecule has 1 aromatic heterocycles. The Hall–Kier alpha value is -2.34. The van der Waals surface area contributed by atoms with Crippen LogP contribution in [0.1, 0.15) is 35.1 Å². The van der Waals surface area contributed by atoms with Gasteiger partial charge in [-0.25, -0.2) is 0 Å². The second-order valence-electron chi connectivity index (χ2n) is 5.34. The molecule has 1 heterocycles. The Kier molecular flexibility index (Phi) is 3.15. The Bertz CT molecular complexity index is 748. The highest BCUT2D eigenvalue weighted by atomic mass is 16.1. The highest BCUT2D eigenvalue weighted by molar-refractivity contribution is 5.45. The predicted octanol–water partition coefficient (Wildman–Crippen LogP) is 2.90. The third-order valence-corrected chi connectivity index (χ3v) is 3.95.